The van der Waals surface area contributed by atoms with E-state index in [1.165, 1.54) is 48.5 Å². The predicted octanol–water partition coefficient (Wildman–Crippen LogP) is 1.63. The van der Waals surface area contributed by atoms with Crippen molar-refractivity contribution in [1.29, 1.82) is 0 Å². The first-order valence-electron chi connectivity index (χ1n) is 21.5. The van der Waals surface area contributed by atoms with Crippen LogP contribution in [0.4, 0.5) is 8.78 Å². The summed E-state index contributed by atoms with van der Waals surface area (Å²) >= 11 is 0. The number of nitrogens with one attached hydrogen (secondary N) is 4. The summed E-state index contributed by atoms with van der Waals surface area (Å²) < 4.78 is 120. The number of benzene rings is 2. The van der Waals surface area contributed by atoms with Crippen LogP contribution in [0.5, 0.6) is 11.5 Å². The lowest BCUT2D eigenvalue weighted by Gasteiger charge is -2.29. The van der Waals surface area contributed by atoms with Crippen molar-refractivity contribution in [1.82, 2.24) is 29.3 Å². The number of H-pyrrole nitrogens is 2. The van der Waals surface area contributed by atoms with Gasteiger partial charge in [0.1, 0.15) is 35.8 Å². The van der Waals surface area contributed by atoms with Gasteiger partial charge in [-0.05, 0) is 52.0 Å². The molecule has 72 heavy (non-hydrogen) atoms. The molecule has 3 aliphatic rings. The molecule has 2 unspecified atom stereocenters. The molecule has 0 aliphatic carbocycles. The maximum atomic E-state index is 17.1. The molecule has 3 fully saturated rings. The van der Waals surface area contributed by atoms with Crippen LogP contribution in [0.1, 0.15) is 40.2 Å². The fourth-order valence-electron chi connectivity index (χ4n) is 7.49. The monoisotopic (exact) mass is 1050 g/mol. The Kier molecular flexibility index (Phi) is 16.0. The largest absolute Gasteiger partial charge is 0.459 e. The van der Waals surface area contributed by atoms with Gasteiger partial charge in [0, 0.05) is 24.5 Å². The van der Waals surface area contributed by atoms with Crippen molar-refractivity contribution in [3.05, 3.63) is 127 Å². The Morgan fingerprint density at radius 3 is 1.29 bits per heavy atom. The molecule has 12 atom stereocenters. The molecule has 388 valence electrons. The standard InChI is InChI=1S/C42H46F2N6O20P2/c1-23-35(55)61-21-31(53)67-34-28(66-38(42(34,4)44)50-18-16-30(52)46-40(50)58)20-64-72(60,70-26-13-9-6-10-14-26)48-24(2)36(56)62-22-32(54)68-33-27(19-63-71(59,47-23)69-25-11-7-5-8-12-25)65-37(41(33,3)43)49-17-15-29(51)45-39(49)57/h5-18,23-24,27-28,33-34,37-38H,19-22H2,1-4H3,(H,47,59)(H,48,60)(H,45,51,57)(H,46,52,58)/t23-,24-,27+,28+,33+,34+,37+,38+,41+,42+,71?,72?/m0/s1. The van der Waals surface area contributed by atoms with E-state index in [0.717, 1.165) is 52.2 Å². The zero-order chi connectivity index (χ0) is 52.2. The van der Waals surface area contributed by atoms with E-state index in [-0.39, 0.29) is 11.5 Å². The summed E-state index contributed by atoms with van der Waals surface area (Å²) in [5.41, 5.74) is -9.79. The Morgan fingerprint density at radius 2 is 0.944 bits per heavy atom. The first kappa shape index (κ1) is 53.2. The topological polar surface area (TPSA) is 328 Å². The van der Waals surface area contributed by atoms with Crippen LogP contribution in [0.2, 0.25) is 0 Å². The van der Waals surface area contributed by atoms with Crippen LogP contribution < -0.4 is 41.7 Å². The number of halogens is 2. The van der Waals surface area contributed by atoms with E-state index in [0.29, 0.717) is 9.13 Å². The van der Waals surface area contributed by atoms with Crippen molar-refractivity contribution in [3.8, 4) is 11.5 Å². The van der Waals surface area contributed by atoms with Crippen molar-refractivity contribution in [2.24, 2.45) is 0 Å². The van der Waals surface area contributed by atoms with Crippen LogP contribution in [0.3, 0.4) is 0 Å². The van der Waals surface area contributed by atoms with Gasteiger partial charge < -0.3 is 37.5 Å². The van der Waals surface area contributed by atoms with Gasteiger partial charge in [0.05, 0.1) is 13.2 Å². The first-order valence-corrected chi connectivity index (χ1v) is 24.6. The minimum atomic E-state index is -4.89. The van der Waals surface area contributed by atoms with E-state index in [1.54, 1.807) is 12.1 Å². The number of carbonyl (C=O) groups excluding carboxylic acids is 4. The Balaban J connectivity index is 1.22. The number of cyclic esters (lactones) is 2. The van der Waals surface area contributed by atoms with Gasteiger partial charge in [0.25, 0.3) is 11.1 Å². The summed E-state index contributed by atoms with van der Waals surface area (Å²) in [7, 11) is -9.78. The lowest BCUT2D eigenvalue weighted by molar-refractivity contribution is -0.169. The number of aromatic nitrogens is 4. The molecular weight excluding hydrogens is 1010 g/mol. The highest BCUT2D eigenvalue weighted by Gasteiger charge is 2.60. The van der Waals surface area contributed by atoms with Crippen molar-refractivity contribution in [3.63, 3.8) is 0 Å². The lowest BCUT2D eigenvalue weighted by Crippen LogP contribution is -2.47. The third-order valence-electron chi connectivity index (χ3n) is 10.9. The molecule has 3 aliphatic heterocycles. The molecule has 2 aromatic heterocycles. The van der Waals surface area contributed by atoms with E-state index >= 15 is 8.78 Å². The summed E-state index contributed by atoms with van der Waals surface area (Å²) in [5.74, 6) is -5.67. The fraction of sp³-hybridized carbons (Fsp3) is 0.429. The zero-order valence-electron chi connectivity index (χ0n) is 38.2. The number of ether oxygens (including phenoxy) is 6. The summed E-state index contributed by atoms with van der Waals surface area (Å²) in [6, 6.07) is 12.8. The van der Waals surface area contributed by atoms with Gasteiger partial charge in [0.2, 0.25) is 0 Å². The summed E-state index contributed by atoms with van der Waals surface area (Å²) in [4.78, 5) is 107. The Morgan fingerprint density at radius 1 is 0.583 bits per heavy atom. The minimum absolute atomic E-state index is 0.100. The molecule has 30 heteroatoms. The number of hydrogen-bond acceptors (Lipinski definition) is 20. The molecule has 4 aromatic rings. The number of esters is 4. The van der Waals surface area contributed by atoms with E-state index in [1.807, 2.05) is 9.97 Å². The van der Waals surface area contributed by atoms with Crippen molar-refractivity contribution < 1.29 is 83.6 Å². The molecule has 0 bridgehead atoms. The molecule has 0 amide bonds. The van der Waals surface area contributed by atoms with Gasteiger partial charge in [-0.25, -0.2) is 37.1 Å². The smallest absolute Gasteiger partial charge is 0.453 e. The number of hydrogen-bond donors (Lipinski definition) is 4. The van der Waals surface area contributed by atoms with Crippen LogP contribution in [0.25, 0.3) is 0 Å². The maximum absolute atomic E-state index is 17.1. The highest BCUT2D eigenvalue weighted by Crippen LogP contribution is 2.50. The number of nitrogens with zero attached hydrogens (tertiary/aromatic N) is 2. The highest BCUT2D eigenvalue weighted by atomic mass is 31.2. The molecule has 0 saturated carbocycles. The van der Waals surface area contributed by atoms with E-state index in [9.17, 15) is 47.5 Å². The van der Waals surface area contributed by atoms with Gasteiger partial charge in [0.15, 0.2) is 49.2 Å². The molecule has 2 aromatic carbocycles. The number of fused-ring (bicyclic) bond motifs is 2. The van der Waals surface area contributed by atoms with Gasteiger partial charge >= 0.3 is 50.7 Å². The highest BCUT2D eigenvalue weighted by molar-refractivity contribution is 7.52. The Hall–Kier alpha value is -6.64. The predicted molar refractivity (Wildman–Crippen MR) is 238 cm³/mol. The fourth-order valence-corrected chi connectivity index (χ4v) is 10.5. The van der Waals surface area contributed by atoms with E-state index < -0.39 is 149 Å². The summed E-state index contributed by atoms with van der Waals surface area (Å²) in [5, 5.41) is 4.64. The molecule has 0 radical (unpaired) electrons. The van der Waals surface area contributed by atoms with Crippen LogP contribution in [0, 0.1) is 0 Å². The Bertz CT molecular complexity index is 2790. The van der Waals surface area contributed by atoms with Crippen molar-refractivity contribution in [2.45, 2.75) is 88.0 Å². The molecule has 26 nitrogen and oxygen atoms in total. The number of carbonyl (C=O) groups is 4. The minimum Gasteiger partial charge on any atom is -0.453 e. The second-order valence-electron chi connectivity index (χ2n) is 16.5. The summed E-state index contributed by atoms with van der Waals surface area (Å²) in [6.07, 6.45) is -9.94. The normalized spacial score (nSPS) is 33.4. The molecule has 3 saturated heterocycles. The third-order valence-corrected chi connectivity index (χ3v) is 14.2. The SMILES string of the molecule is C[C@@H]1NP(=O)(Oc2ccccc2)OC[C@H]2O[C@@H](n3ccc(=O)[nH]c3=O)[C@](C)(F)[C@@H]2OC(=O)COC(=O)[C@H](C)NP(=O)(Oc2ccccc2)OC[C@H]2O[C@@H](n3ccc(=O)[nH]c3=O)[C@](C)(F)[C@@H]2OC(=O)COC1=O. The molecule has 0 spiro atoms. The van der Waals surface area contributed by atoms with Crippen LogP contribution >= 0.6 is 15.5 Å². The molecule has 5 heterocycles. The number of alkyl halides is 2. The van der Waals surface area contributed by atoms with Crippen LogP contribution in [-0.2, 0) is 65.8 Å². The second kappa shape index (κ2) is 21.6. The average molecular weight is 1050 g/mol. The van der Waals surface area contributed by atoms with Crippen LogP contribution in [-0.4, -0.2) is 117 Å². The third kappa shape index (κ3) is 12.3. The van der Waals surface area contributed by atoms with Crippen molar-refractivity contribution >= 4 is 39.4 Å². The van der Waals surface area contributed by atoms with E-state index in [2.05, 4.69) is 10.2 Å². The van der Waals surface area contributed by atoms with Gasteiger partial charge in [-0.1, -0.05) is 36.4 Å². The molecular formula is C42H46F2N6O20P2. The zero-order valence-corrected chi connectivity index (χ0v) is 40.0. The van der Waals surface area contributed by atoms with Crippen molar-refractivity contribution in [2.75, 3.05) is 26.4 Å². The van der Waals surface area contributed by atoms with E-state index in [4.69, 9.17) is 46.5 Å². The summed E-state index contributed by atoms with van der Waals surface area (Å²) in [6.45, 7) is -0.582. The lowest BCUT2D eigenvalue weighted by atomic mass is 9.98. The van der Waals surface area contributed by atoms with Crippen LogP contribution in [0.15, 0.2) is 104 Å². The number of para-hydroxylation sites is 2. The number of rotatable bonds is 6. The van der Waals surface area contributed by atoms with Gasteiger partial charge in [-0.15, -0.1) is 0 Å². The quantitative estimate of drug-likeness (QED) is 0.121. The first-order chi connectivity index (χ1) is 34.0. The Labute approximate surface area is 404 Å². The second-order valence-corrected chi connectivity index (χ2v) is 19.9. The molecule has 7 rings (SSSR count). The van der Waals surface area contributed by atoms with Gasteiger partial charge in [-0.3, -0.25) is 47.3 Å². The molecule has 4 N–H and O–H groups in total. The average Bonchev–Trinajstić information content (AvgIpc) is 3.71. The van der Waals surface area contributed by atoms with Gasteiger partial charge in [-0.2, -0.15) is 10.2 Å². The number of aromatic amines is 2. The maximum Gasteiger partial charge on any atom is 0.459 e.